The molecular weight excluding hydrogens is 248 g/mol. The first-order chi connectivity index (χ1) is 9.04. The molecule has 0 aliphatic heterocycles. The molecule has 19 heavy (non-hydrogen) atoms. The van der Waals surface area contributed by atoms with Crippen LogP contribution in [0, 0.1) is 0 Å². The molecule has 1 amide bonds. The molecular formula is C13H20N2O4. The number of carbonyl (C=O) groups is 2. The van der Waals surface area contributed by atoms with Crippen LogP contribution in [0.4, 0.5) is 0 Å². The molecule has 1 N–H and O–H groups in total. The topological polar surface area (TPSA) is 71.8 Å². The number of likely N-dealkylation sites (N-methyl/N-ethyl adjacent to an activating group) is 1. The van der Waals surface area contributed by atoms with E-state index < -0.39 is 0 Å². The summed E-state index contributed by atoms with van der Waals surface area (Å²) >= 11 is 0. The van der Waals surface area contributed by atoms with E-state index in [1.54, 1.807) is 37.3 Å². The molecule has 1 aromatic rings. The number of nitrogens with zero attached hydrogens (tertiary/aromatic N) is 1. The number of methoxy groups -OCH3 is 1. The van der Waals surface area contributed by atoms with Gasteiger partial charge in [-0.25, -0.2) is 0 Å². The van der Waals surface area contributed by atoms with Crippen molar-refractivity contribution in [2.45, 2.75) is 25.9 Å². The molecule has 106 valence electrons. The van der Waals surface area contributed by atoms with Crippen LogP contribution in [0.2, 0.25) is 0 Å². The number of ether oxygens (including phenoxy) is 1. The number of nitrogens with one attached hydrogen (secondary N) is 1. The van der Waals surface area contributed by atoms with E-state index in [-0.39, 0.29) is 24.3 Å². The Bertz CT molecular complexity index is 403. The summed E-state index contributed by atoms with van der Waals surface area (Å²) in [5.41, 5.74) is 0. The van der Waals surface area contributed by atoms with E-state index in [9.17, 15) is 9.59 Å². The first kappa shape index (κ1) is 15.2. The molecule has 0 aliphatic carbocycles. The Morgan fingerprint density at radius 3 is 2.84 bits per heavy atom. The largest absolute Gasteiger partial charge is 0.469 e. The predicted octanol–water partition coefficient (Wildman–Crippen LogP) is 0.779. The van der Waals surface area contributed by atoms with Gasteiger partial charge in [0.2, 0.25) is 5.91 Å². The minimum Gasteiger partial charge on any atom is -0.469 e. The molecule has 0 saturated carbocycles. The maximum absolute atomic E-state index is 11.9. The van der Waals surface area contributed by atoms with Gasteiger partial charge in [0.25, 0.3) is 0 Å². The Morgan fingerprint density at radius 1 is 1.53 bits per heavy atom. The lowest BCUT2D eigenvalue weighted by Crippen LogP contribution is -2.43. The summed E-state index contributed by atoms with van der Waals surface area (Å²) in [4.78, 5) is 24.7. The molecule has 1 heterocycles. The average molecular weight is 268 g/mol. The minimum absolute atomic E-state index is 0.108. The van der Waals surface area contributed by atoms with Gasteiger partial charge in [0.05, 0.1) is 32.4 Å². The highest BCUT2D eigenvalue weighted by Crippen LogP contribution is 2.01. The van der Waals surface area contributed by atoms with E-state index in [0.29, 0.717) is 18.8 Å². The van der Waals surface area contributed by atoms with Gasteiger partial charge in [-0.1, -0.05) is 0 Å². The molecule has 0 radical (unpaired) electrons. The number of furan rings is 1. The lowest BCUT2D eigenvalue weighted by atomic mass is 10.2. The Hall–Kier alpha value is -1.82. The Balaban J connectivity index is 2.32. The molecule has 0 aromatic carbocycles. The van der Waals surface area contributed by atoms with Crippen molar-refractivity contribution in [2.24, 2.45) is 0 Å². The maximum atomic E-state index is 11.9. The highest BCUT2D eigenvalue weighted by Gasteiger charge is 2.18. The van der Waals surface area contributed by atoms with Crippen molar-refractivity contribution in [3.8, 4) is 0 Å². The second-order valence-electron chi connectivity index (χ2n) is 4.28. The number of hydrogen-bond acceptors (Lipinski definition) is 5. The molecule has 6 nitrogen and oxygen atoms in total. The van der Waals surface area contributed by atoms with Gasteiger partial charge >= 0.3 is 5.97 Å². The van der Waals surface area contributed by atoms with Crippen molar-refractivity contribution in [1.29, 1.82) is 0 Å². The van der Waals surface area contributed by atoms with Crippen molar-refractivity contribution in [3.05, 3.63) is 24.2 Å². The molecule has 0 saturated heterocycles. The van der Waals surface area contributed by atoms with Crippen LogP contribution < -0.4 is 5.32 Å². The van der Waals surface area contributed by atoms with E-state index in [0.717, 1.165) is 0 Å². The van der Waals surface area contributed by atoms with E-state index in [4.69, 9.17) is 4.42 Å². The zero-order valence-electron chi connectivity index (χ0n) is 11.5. The summed E-state index contributed by atoms with van der Waals surface area (Å²) in [5.74, 6) is 0.316. The van der Waals surface area contributed by atoms with Crippen molar-refractivity contribution >= 4 is 11.9 Å². The summed E-state index contributed by atoms with van der Waals surface area (Å²) in [6.45, 7) is 2.62. The standard InChI is InChI=1S/C13H20N2O4/c1-10(15(2)7-6-12(16)18-3)13(17)14-9-11-5-4-8-19-11/h4-5,8,10H,6-7,9H2,1-3H3,(H,14,17). The molecule has 6 heteroatoms. The lowest BCUT2D eigenvalue weighted by molar-refractivity contribution is -0.141. The third-order valence-electron chi connectivity index (χ3n) is 2.95. The maximum Gasteiger partial charge on any atom is 0.306 e. The van der Waals surface area contributed by atoms with E-state index in [1.165, 1.54) is 7.11 Å². The normalized spacial score (nSPS) is 12.2. The lowest BCUT2D eigenvalue weighted by Gasteiger charge is -2.23. The summed E-state index contributed by atoms with van der Waals surface area (Å²) < 4.78 is 9.69. The Morgan fingerprint density at radius 2 is 2.26 bits per heavy atom. The van der Waals surface area contributed by atoms with Crippen LogP contribution >= 0.6 is 0 Å². The van der Waals surface area contributed by atoms with Crippen LogP contribution in [0.25, 0.3) is 0 Å². The second kappa shape index (κ2) is 7.58. The van der Waals surface area contributed by atoms with Gasteiger partial charge < -0.3 is 14.5 Å². The first-order valence-corrected chi connectivity index (χ1v) is 6.11. The highest BCUT2D eigenvalue weighted by molar-refractivity contribution is 5.81. The van der Waals surface area contributed by atoms with E-state index >= 15 is 0 Å². The molecule has 0 fully saturated rings. The van der Waals surface area contributed by atoms with Crippen LogP contribution in [0.1, 0.15) is 19.1 Å². The molecule has 0 aliphatic rings. The smallest absolute Gasteiger partial charge is 0.306 e. The number of amides is 1. The predicted molar refractivity (Wildman–Crippen MR) is 69.3 cm³/mol. The fourth-order valence-electron chi connectivity index (χ4n) is 1.50. The fraction of sp³-hybridized carbons (Fsp3) is 0.538. The SMILES string of the molecule is COC(=O)CCN(C)C(C)C(=O)NCc1ccco1. The Labute approximate surface area is 112 Å². The summed E-state index contributed by atoms with van der Waals surface area (Å²) in [6.07, 6.45) is 1.83. The first-order valence-electron chi connectivity index (χ1n) is 6.11. The summed E-state index contributed by atoms with van der Waals surface area (Å²) in [5, 5.41) is 2.78. The van der Waals surface area contributed by atoms with Gasteiger partial charge in [-0.15, -0.1) is 0 Å². The third-order valence-corrected chi connectivity index (χ3v) is 2.95. The molecule has 0 spiro atoms. The second-order valence-corrected chi connectivity index (χ2v) is 4.28. The van der Waals surface area contributed by atoms with Crippen LogP contribution in [-0.2, 0) is 20.9 Å². The van der Waals surface area contributed by atoms with Crippen molar-refractivity contribution in [1.82, 2.24) is 10.2 Å². The molecule has 1 atom stereocenters. The van der Waals surface area contributed by atoms with Crippen LogP contribution in [0.3, 0.4) is 0 Å². The monoisotopic (exact) mass is 268 g/mol. The minimum atomic E-state index is -0.320. The Kier molecular flexibility index (Phi) is 6.08. The zero-order valence-corrected chi connectivity index (χ0v) is 11.5. The van der Waals surface area contributed by atoms with Crippen molar-refractivity contribution < 1.29 is 18.7 Å². The highest BCUT2D eigenvalue weighted by atomic mass is 16.5. The van der Waals surface area contributed by atoms with Crippen molar-refractivity contribution in [3.63, 3.8) is 0 Å². The molecule has 1 rings (SSSR count). The van der Waals surface area contributed by atoms with Crippen LogP contribution in [0.5, 0.6) is 0 Å². The molecule has 0 bridgehead atoms. The van der Waals surface area contributed by atoms with Crippen LogP contribution in [-0.4, -0.2) is 43.5 Å². The number of carbonyl (C=O) groups excluding carboxylic acids is 2. The van der Waals surface area contributed by atoms with Gasteiger partial charge in [-0.2, -0.15) is 0 Å². The number of esters is 1. The quantitative estimate of drug-likeness (QED) is 0.740. The zero-order chi connectivity index (χ0) is 14.3. The number of rotatable bonds is 7. The van der Waals surface area contributed by atoms with E-state index in [2.05, 4.69) is 10.1 Å². The van der Waals surface area contributed by atoms with Gasteiger partial charge in [-0.3, -0.25) is 14.5 Å². The number of hydrogen-bond donors (Lipinski definition) is 1. The molecule has 1 aromatic heterocycles. The average Bonchev–Trinajstić information content (AvgIpc) is 2.93. The van der Waals surface area contributed by atoms with Crippen molar-refractivity contribution in [2.75, 3.05) is 20.7 Å². The van der Waals surface area contributed by atoms with Gasteiger partial charge in [-0.05, 0) is 26.1 Å². The van der Waals surface area contributed by atoms with Gasteiger partial charge in [0.15, 0.2) is 0 Å². The van der Waals surface area contributed by atoms with E-state index in [1.807, 2.05) is 0 Å². The third kappa shape index (κ3) is 5.13. The summed E-state index contributed by atoms with van der Waals surface area (Å²) in [7, 11) is 3.14. The molecule has 1 unspecified atom stereocenters. The fourth-order valence-corrected chi connectivity index (χ4v) is 1.50. The summed E-state index contributed by atoms with van der Waals surface area (Å²) in [6, 6.07) is 3.25. The van der Waals surface area contributed by atoms with Gasteiger partial charge in [0, 0.05) is 6.54 Å². The van der Waals surface area contributed by atoms with Crippen LogP contribution in [0.15, 0.2) is 22.8 Å². The van der Waals surface area contributed by atoms with Gasteiger partial charge in [0.1, 0.15) is 5.76 Å².